The van der Waals surface area contributed by atoms with E-state index in [1.807, 2.05) is 17.0 Å². The Labute approximate surface area is 144 Å². The number of amides is 2. The van der Waals surface area contributed by atoms with Crippen LogP contribution in [-0.2, 0) is 22.7 Å². The lowest BCUT2D eigenvalue weighted by Crippen LogP contribution is -2.23. The van der Waals surface area contributed by atoms with Gasteiger partial charge in [-0.25, -0.2) is 0 Å². The fourth-order valence-corrected chi connectivity index (χ4v) is 2.70. The standard InChI is InChI=1S/C17H18N4O4/c22-15-2-1-8-20(15)10-12-3-5-13(6-4-12)17(25)18-14-7-9-21(19-14)11-16(23)24/h3-7,9H,1-2,8,10-11H2,(H,23,24)(H,18,19,25). The summed E-state index contributed by atoms with van der Waals surface area (Å²) in [6.45, 7) is 1.07. The van der Waals surface area contributed by atoms with Crippen LogP contribution in [0.25, 0.3) is 0 Å². The Morgan fingerprint density at radius 3 is 2.60 bits per heavy atom. The molecule has 0 unspecified atom stereocenters. The van der Waals surface area contributed by atoms with E-state index in [9.17, 15) is 14.4 Å². The molecule has 1 fully saturated rings. The quantitative estimate of drug-likeness (QED) is 0.824. The number of carbonyl (C=O) groups is 3. The van der Waals surface area contributed by atoms with E-state index in [-0.39, 0.29) is 24.2 Å². The lowest BCUT2D eigenvalue weighted by atomic mass is 10.1. The SMILES string of the molecule is O=C(O)Cn1ccc(NC(=O)c2ccc(CN3CCCC3=O)cc2)n1. The molecule has 1 aliphatic rings. The van der Waals surface area contributed by atoms with E-state index in [2.05, 4.69) is 10.4 Å². The topological polar surface area (TPSA) is 105 Å². The minimum atomic E-state index is -1.01. The Bertz CT molecular complexity index is 797. The lowest BCUT2D eigenvalue weighted by Gasteiger charge is -2.15. The molecule has 0 saturated carbocycles. The third-order valence-electron chi connectivity index (χ3n) is 3.94. The third-order valence-corrected chi connectivity index (χ3v) is 3.94. The Hall–Kier alpha value is -3.16. The highest BCUT2D eigenvalue weighted by Gasteiger charge is 2.20. The minimum absolute atomic E-state index is 0.166. The van der Waals surface area contributed by atoms with Crippen LogP contribution in [0.1, 0.15) is 28.8 Å². The van der Waals surface area contributed by atoms with Crippen LogP contribution in [0.5, 0.6) is 0 Å². The predicted molar refractivity (Wildman–Crippen MR) is 88.9 cm³/mol. The number of anilines is 1. The summed E-state index contributed by atoms with van der Waals surface area (Å²) in [7, 11) is 0. The van der Waals surface area contributed by atoms with Gasteiger partial charge in [0.2, 0.25) is 5.91 Å². The number of likely N-dealkylation sites (tertiary alicyclic amines) is 1. The van der Waals surface area contributed by atoms with Crippen molar-refractivity contribution >= 4 is 23.6 Å². The molecule has 2 aromatic rings. The van der Waals surface area contributed by atoms with Gasteiger partial charge in [0.05, 0.1) is 0 Å². The van der Waals surface area contributed by atoms with Gasteiger partial charge in [-0.1, -0.05) is 12.1 Å². The monoisotopic (exact) mass is 342 g/mol. The molecule has 2 N–H and O–H groups in total. The summed E-state index contributed by atoms with van der Waals surface area (Å²) in [6, 6.07) is 8.57. The Balaban J connectivity index is 1.59. The van der Waals surface area contributed by atoms with Crippen LogP contribution in [0.3, 0.4) is 0 Å². The average Bonchev–Trinajstić information content (AvgIpc) is 3.17. The number of hydrogen-bond acceptors (Lipinski definition) is 4. The second-order valence-corrected chi connectivity index (χ2v) is 5.86. The van der Waals surface area contributed by atoms with Gasteiger partial charge in [0.25, 0.3) is 5.91 Å². The summed E-state index contributed by atoms with van der Waals surface area (Å²) in [5.74, 6) is -0.880. The zero-order valence-corrected chi connectivity index (χ0v) is 13.5. The molecule has 0 atom stereocenters. The van der Waals surface area contributed by atoms with Crippen molar-refractivity contribution in [1.29, 1.82) is 0 Å². The van der Waals surface area contributed by atoms with E-state index in [1.165, 1.54) is 16.9 Å². The van der Waals surface area contributed by atoms with Gasteiger partial charge in [-0.05, 0) is 24.1 Å². The number of carboxylic acid groups (broad SMARTS) is 1. The van der Waals surface area contributed by atoms with Crippen LogP contribution in [0.2, 0.25) is 0 Å². The molecule has 25 heavy (non-hydrogen) atoms. The van der Waals surface area contributed by atoms with E-state index in [4.69, 9.17) is 5.11 Å². The normalized spacial score (nSPS) is 13.9. The van der Waals surface area contributed by atoms with Gasteiger partial charge in [-0.2, -0.15) is 5.10 Å². The number of nitrogens with zero attached hydrogens (tertiary/aromatic N) is 3. The zero-order chi connectivity index (χ0) is 17.8. The Morgan fingerprint density at radius 2 is 1.96 bits per heavy atom. The second kappa shape index (κ2) is 7.16. The largest absolute Gasteiger partial charge is 0.480 e. The molecule has 3 rings (SSSR count). The summed E-state index contributed by atoms with van der Waals surface area (Å²) >= 11 is 0. The fourth-order valence-electron chi connectivity index (χ4n) is 2.70. The van der Waals surface area contributed by atoms with Gasteiger partial charge < -0.3 is 15.3 Å². The van der Waals surface area contributed by atoms with Crippen molar-refractivity contribution in [1.82, 2.24) is 14.7 Å². The number of aromatic nitrogens is 2. The molecular weight excluding hydrogens is 324 g/mol. The molecule has 2 heterocycles. The van der Waals surface area contributed by atoms with E-state index in [0.29, 0.717) is 18.5 Å². The fraction of sp³-hybridized carbons (Fsp3) is 0.294. The number of benzene rings is 1. The van der Waals surface area contributed by atoms with Crippen molar-refractivity contribution in [3.05, 3.63) is 47.7 Å². The second-order valence-electron chi connectivity index (χ2n) is 5.86. The first-order valence-electron chi connectivity index (χ1n) is 7.94. The molecule has 0 bridgehead atoms. The van der Waals surface area contributed by atoms with Crippen molar-refractivity contribution in [2.45, 2.75) is 25.9 Å². The van der Waals surface area contributed by atoms with Gasteiger partial charge in [0, 0.05) is 37.3 Å². The van der Waals surface area contributed by atoms with Gasteiger partial charge in [-0.3, -0.25) is 19.1 Å². The maximum atomic E-state index is 12.2. The maximum absolute atomic E-state index is 12.2. The molecule has 130 valence electrons. The van der Waals surface area contributed by atoms with E-state index in [1.54, 1.807) is 12.1 Å². The molecule has 1 aliphatic heterocycles. The van der Waals surface area contributed by atoms with Crippen molar-refractivity contribution in [3.63, 3.8) is 0 Å². The highest BCUT2D eigenvalue weighted by atomic mass is 16.4. The number of carboxylic acids is 1. The zero-order valence-electron chi connectivity index (χ0n) is 13.5. The molecule has 0 aliphatic carbocycles. The van der Waals surface area contributed by atoms with Crippen molar-refractivity contribution in [2.24, 2.45) is 0 Å². The molecule has 0 radical (unpaired) electrons. The van der Waals surface area contributed by atoms with Crippen LogP contribution >= 0.6 is 0 Å². The Morgan fingerprint density at radius 1 is 1.20 bits per heavy atom. The maximum Gasteiger partial charge on any atom is 0.325 e. The number of carbonyl (C=O) groups excluding carboxylic acids is 2. The highest BCUT2D eigenvalue weighted by Crippen LogP contribution is 2.15. The molecule has 2 amide bonds. The number of rotatable bonds is 6. The van der Waals surface area contributed by atoms with Crippen LogP contribution < -0.4 is 5.32 Å². The minimum Gasteiger partial charge on any atom is -0.480 e. The molecule has 8 heteroatoms. The first-order valence-corrected chi connectivity index (χ1v) is 7.94. The van der Waals surface area contributed by atoms with Gasteiger partial charge >= 0.3 is 5.97 Å². The number of aliphatic carboxylic acids is 1. The van der Waals surface area contributed by atoms with Crippen molar-refractivity contribution in [2.75, 3.05) is 11.9 Å². The van der Waals surface area contributed by atoms with Gasteiger partial charge in [-0.15, -0.1) is 0 Å². The lowest BCUT2D eigenvalue weighted by molar-refractivity contribution is -0.137. The Kier molecular flexibility index (Phi) is 4.78. The molecule has 0 spiro atoms. The van der Waals surface area contributed by atoms with E-state index < -0.39 is 5.97 Å². The van der Waals surface area contributed by atoms with Gasteiger partial charge in [0.1, 0.15) is 6.54 Å². The summed E-state index contributed by atoms with van der Waals surface area (Å²) < 4.78 is 1.23. The number of nitrogens with one attached hydrogen (secondary N) is 1. The summed E-state index contributed by atoms with van der Waals surface area (Å²) in [6.07, 6.45) is 2.99. The summed E-state index contributed by atoms with van der Waals surface area (Å²) in [5.41, 5.74) is 1.43. The smallest absolute Gasteiger partial charge is 0.325 e. The highest BCUT2D eigenvalue weighted by molar-refractivity contribution is 6.03. The van der Waals surface area contributed by atoms with E-state index in [0.717, 1.165) is 18.5 Å². The molecule has 1 aromatic carbocycles. The summed E-state index contributed by atoms with van der Waals surface area (Å²) in [5, 5.41) is 15.3. The predicted octanol–water partition coefficient (Wildman–Crippen LogP) is 1.34. The number of hydrogen-bond donors (Lipinski definition) is 2. The van der Waals surface area contributed by atoms with Crippen LogP contribution in [-0.4, -0.2) is 44.1 Å². The van der Waals surface area contributed by atoms with E-state index >= 15 is 0 Å². The first kappa shape index (κ1) is 16.7. The van der Waals surface area contributed by atoms with Crippen molar-refractivity contribution < 1.29 is 19.5 Å². The first-order chi connectivity index (χ1) is 12.0. The molecular formula is C17H18N4O4. The van der Waals surface area contributed by atoms with Crippen LogP contribution in [0, 0.1) is 0 Å². The molecule has 8 nitrogen and oxygen atoms in total. The third kappa shape index (κ3) is 4.23. The van der Waals surface area contributed by atoms with Crippen LogP contribution in [0.4, 0.5) is 5.82 Å². The molecule has 1 aromatic heterocycles. The van der Waals surface area contributed by atoms with Crippen LogP contribution in [0.15, 0.2) is 36.5 Å². The average molecular weight is 342 g/mol. The van der Waals surface area contributed by atoms with Crippen molar-refractivity contribution in [3.8, 4) is 0 Å². The molecule has 1 saturated heterocycles. The van der Waals surface area contributed by atoms with Gasteiger partial charge in [0.15, 0.2) is 5.82 Å². The summed E-state index contributed by atoms with van der Waals surface area (Å²) in [4.78, 5) is 36.3.